The van der Waals surface area contributed by atoms with Crippen molar-refractivity contribution in [3.05, 3.63) is 18.3 Å². The number of piperazine rings is 1. The Bertz CT molecular complexity index is 510. The monoisotopic (exact) mass is 363 g/mol. The van der Waals surface area contributed by atoms with Gasteiger partial charge in [0, 0.05) is 25.6 Å². The van der Waals surface area contributed by atoms with Crippen LogP contribution in [0.1, 0.15) is 19.8 Å². The SMILES string of the molecule is CC(N)CCC(=O)Nc1ccc(N2CCNC(=O)C2)nc1.Cl.Cl. The first-order valence-electron chi connectivity index (χ1n) is 7.08. The summed E-state index contributed by atoms with van der Waals surface area (Å²) in [6.45, 7) is 3.54. The lowest BCUT2D eigenvalue weighted by Crippen LogP contribution is -2.48. The van der Waals surface area contributed by atoms with E-state index in [9.17, 15) is 9.59 Å². The second kappa shape index (κ2) is 10.3. The third-order valence-electron chi connectivity index (χ3n) is 3.22. The van der Waals surface area contributed by atoms with Crippen molar-refractivity contribution in [3.8, 4) is 0 Å². The Balaban J connectivity index is 0.00000242. The lowest BCUT2D eigenvalue weighted by atomic mass is 10.2. The van der Waals surface area contributed by atoms with Crippen molar-refractivity contribution in [2.75, 3.05) is 29.9 Å². The van der Waals surface area contributed by atoms with Crippen LogP contribution in [-0.4, -0.2) is 42.5 Å². The topological polar surface area (TPSA) is 100 Å². The predicted molar refractivity (Wildman–Crippen MR) is 95.5 cm³/mol. The first-order valence-corrected chi connectivity index (χ1v) is 7.08. The van der Waals surface area contributed by atoms with E-state index in [2.05, 4.69) is 15.6 Å². The standard InChI is InChI=1S/C14H21N5O2.2ClH/c1-10(15)2-5-13(20)18-11-3-4-12(17-8-11)19-7-6-16-14(21)9-19;;/h3-4,8,10H,2,5-7,9,15H2,1H3,(H,16,21)(H,18,20);2*1H. The molecule has 1 aliphatic rings. The number of nitrogens with one attached hydrogen (secondary N) is 2. The van der Waals surface area contributed by atoms with E-state index in [0.29, 0.717) is 31.6 Å². The summed E-state index contributed by atoms with van der Waals surface area (Å²) >= 11 is 0. The number of pyridine rings is 1. The van der Waals surface area contributed by atoms with Crippen LogP contribution in [0.3, 0.4) is 0 Å². The Morgan fingerprint density at radius 2 is 2.22 bits per heavy atom. The molecule has 130 valence electrons. The van der Waals surface area contributed by atoms with Crippen LogP contribution in [0.15, 0.2) is 18.3 Å². The summed E-state index contributed by atoms with van der Waals surface area (Å²) in [4.78, 5) is 29.2. The Hall–Kier alpha value is -1.57. The van der Waals surface area contributed by atoms with Crippen molar-refractivity contribution in [2.24, 2.45) is 5.73 Å². The summed E-state index contributed by atoms with van der Waals surface area (Å²) < 4.78 is 0. The van der Waals surface area contributed by atoms with Crippen molar-refractivity contribution in [3.63, 3.8) is 0 Å². The maximum Gasteiger partial charge on any atom is 0.239 e. The van der Waals surface area contributed by atoms with Crippen LogP contribution in [-0.2, 0) is 9.59 Å². The number of carbonyl (C=O) groups excluding carboxylic acids is 2. The lowest BCUT2D eigenvalue weighted by Gasteiger charge is -2.27. The van der Waals surface area contributed by atoms with Gasteiger partial charge >= 0.3 is 0 Å². The molecule has 9 heteroatoms. The number of anilines is 2. The molecule has 0 spiro atoms. The molecule has 2 amide bonds. The van der Waals surface area contributed by atoms with Crippen LogP contribution in [0.5, 0.6) is 0 Å². The van der Waals surface area contributed by atoms with Gasteiger partial charge in [-0.25, -0.2) is 4.98 Å². The van der Waals surface area contributed by atoms with Crippen molar-refractivity contribution >= 4 is 48.1 Å². The zero-order chi connectivity index (χ0) is 15.2. The number of nitrogens with two attached hydrogens (primary N) is 1. The van der Waals surface area contributed by atoms with Crippen molar-refractivity contribution in [2.45, 2.75) is 25.8 Å². The summed E-state index contributed by atoms with van der Waals surface area (Å²) in [5.74, 6) is 0.661. The molecule has 0 aliphatic carbocycles. The Kier molecular flexibility index (Phi) is 9.55. The van der Waals surface area contributed by atoms with Gasteiger partial charge in [-0.1, -0.05) is 0 Å². The van der Waals surface area contributed by atoms with Crippen molar-refractivity contribution in [1.82, 2.24) is 10.3 Å². The van der Waals surface area contributed by atoms with Gasteiger partial charge in [-0.2, -0.15) is 0 Å². The number of hydrogen-bond acceptors (Lipinski definition) is 5. The smallest absolute Gasteiger partial charge is 0.239 e. The van der Waals surface area contributed by atoms with E-state index in [1.165, 1.54) is 0 Å². The molecule has 23 heavy (non-hydrogen) atoms. The van der Waals surface area contributed by atoms with E-state index in [0.717, 1.165) is 12.4 Å². The number of nitrogens with zero attached hydrogens (tertiary/aromatic N) is 2. The highest BCUT2D eigenvalue weighted by atomic mass is 35.5. The minimum absolute atomic E-state index is 0. The molecule has 1 fully saturated rings. The van der Waals surface area contributed by atoms with Crippen molar-refractivity contribution < 1.29 is 9.59 Å². The summed E-state index contributed by atoms with van der Waals surface area (Å²) in [6, 6.07) is 3.61. The molecule has 1 aromatic rings. The van der Waals surface area contributed by atoms with Gasteiger partial charge in [0.15, 0.2) is 0 Å². The third kappa shape index (κ3) is 7.02. The van der Waals surface area contributed by atoms with Crippen LogP contribution in [0.4, 0.5) is 11.5 Å². The number of carbonyl (C=O) groups is 2. The minimum atomic E-state index is -0.0702. The quantitative estimate of drug-likeness (QED) is 0.722. The van der Waals surface area contributed by atoms with Crippen LogP contribution in [0.2, 0.25) is 0 Å². The Morgan fingerprint density at radius 1 is 1.48 bits per heavy atom. The normalized spacial score (nSPS) is 14.9. The summed E-state index contributed by atoms with van der Waals surface area (Å²) in [7, 11) is 0. The van der Waals surface area contributed by atoms with Crippen LogP contribution >= 0.6 is 24.8 Å². The van der Waals surface area contributed by atoms with E-state index >= 15 is 0 Å². The maximum absolute atomic E-state index is 11.7. The fourth-order valence-corrected chi connectivity index (χ4v) is 2.06. The minimum Gasteiger partial charge on any atom is -0.353 e. The molecule has 2 heterocycles. The molecule has 0 radical (unpaired) electrons. The second-order valence-corrected chi connectivity index (χ2v) is 5.24. The van der Waals surface area contributed by atoms with Crippen molar-refractivity contribution in [1.29, 1.82) is 0 Å². The van der Waals surface area contributed by atoms with Gasteiger partial charge in [-0.15, -0.1) is 24.8 Å². The van der Waals surface area contributed by atoms with Crippen LogP contribution < -0.4 is 21.3 Å². The summed E-state index contributed by atoms with van der Waals surface area (Å²) in [5.41, 5.74) is 6.27. The van der Waals surface area contributed by atoms with E-state index in [1.54, 1.807) is 18.3 Å². The molecular weight excluding hydrogens is 341 g/mol. The molecule has 1 saturated heterocycles. The molecule has 1 unspecified atom stereocenters. The van der Waals surface area contributed by atoms with E-state index in [4.69, 9.17) is 5.73 Å². The lowest BCUT2D eigenvalue weighted by molar-refractivity contribution is -0.120. The molecular formula is C14H23Cl2N5O2. The van der Waals surface area contributed by atoms with E-state index in [1.807, 2.05) is 11.8 Å². The van der Waals surface area contributed by atoms with Gasteiger partial charge < -0.3 is 21.3 Å². The third-order valence-corrected chi connectivity index (χ3v) is 3.22. The first kappa shape index (κ1) is 21.4. The average molecular weight is 364 g/mol. The fourth-order valence-electron chi connectivity index (χ4n) is 2.06. The largest absolute Gasteiger partial charge is 0.353 e. The second-order valence-electron chi connectivity index (χ2n) is 5.24. The van der Waals surface area contributed by atoms with Gasteiger partial charge in [-0.05, 0) is 25.5 Å². The molecule has 0 saturated carbocycles. The zero-order valence-corrected chi connectivity index (χ0v) is 14.6. The Morgan fingerprint density at radius 3 is 2.78 bits per heavy atom. The Labute approximate surface area is 148 Å². The average Bonchev–Trinajstić information content (AvgIpc) is 2.46. The molecule has 7 nitrogen and oxygen atoms in total. The zero-order valence-electron chi connectivity index (χ0n) is 12.9. The number of aromatic nitrogens is 1. The first-order chi connectivity index (χ1) is 10.0. The fraction of sp³-hybridized carbons (Fsp3) is 0.500. The summed E-state index contributed by atoms with van der Waals surface area (Å²) in [6.07, 6.45) is 2.65. The highest BCUT2D eigenvalue weighted by Crippen LogP contribution is 2.15. The van der Waals surface area contributed by atoms with Gasteiger partial charge in [-0.3, -0.25) is 9.59 Å². The highest BCUT2D eigenvalue weighted by molar-refractivity contribution is 5.90. The number of hydrogen-bond donors (Lipinski definition) is 3. The predicted octanol–water partition coefficient (Wildman–Crippen LogP) is 0.927. The van der Waals surface area contributed by atoms with Gasteiger partial charge in [0.2, 0.25) is 11.8 Å². The molecule has 1 aromatic heterocycles. The van der Waals surface area contributed by atoms with Gasteiger partial charge in [0.05, 0.1) is 18.4 Å². The number of halogens is 2. The van der Waals surface area contributed by atoms with Gasteiger partial charge in [0.25, 0.3) is 0 Å². The summed E-state index contributed by atoms with van der Waals surface area (Å²) in [5, 5.41) is 5.55. The van der Waals surface area contributed by atoms with Crippen LogP contribution in [0.25, 0.3) is 0 Å². The van der Waals surface area contributed by atoms with E-state index < -0.39 is 0 Å². The molecule has 0 aromatic carbocycles. The molecule has 2 rings (SSSR count). The maximum atomic E-state index is 11.7. The van der Waals surface area contributed by atoms with Gasteiger partial charge in [0.1, 0.15) is 5.82 Å². The number of amides is 2. The highest BCUT2D eigenvalue weighted by Gasteiger charge is 2.17. The number of rotatable bonds is 5. The van der Waals surface area contributed by atoms with Crippen LogP contribution in [0, 0.1) is 0 Å². The molecule has 1 aliphatic heterocycles. The van der Waals surface area contributed by atoms with E-state index in [-0.39, 0.29) is 42.7 Å². The molecule has 1 atom stereocenters. The molecule has 0 bridgehead atoms. The molecule has 4 N–H and O–H groups in total.